The van der Waals surface area contributed by atoms with E-state index in [1.54, 1.807) is 0 Å². The number of hydrogen-bond donors (Lipinski definition) is 18. The van der Waals surface area contributed by atoms with Gasteiger partial charge in [-0.1, -0.05) is 106 Å². The van der Waals surface area contributed by atoms with E-state index in [1.807, 2.05) is 6.92 Å². The van der Waals surface area contributed by atoms with Gasteiger partial charge in [0, 0.05) is 33.3 Å². The van der Waals surface area contributed by atoms with Crippen LogP contribution in [0.15, 0.2) is 11.5 Å². The first-order valence-corrected chi connectivity index (χ1v) is 38.6. The minimum Gasteiger partial charge on any atom is -0.510 e. The number of allylic oxidation sites excluding steroid dienone is 2. The van der Waals surface area contributed by atoms with Crippen LogP contribution in [0, 0.1) is 29.1 Å². The second-order valence-electron chi connectivity index (χ2n) is 31.0. The third-order valence-electron chi connectivity index (χ3n) is 20.6. The quantitative estimate of drug-likeness (QED) is 0.0245. The second kappa shape index (κ2) is 41.4. The van der Waals surface area contributed by atoms with Gasteiger partial charge >= 0.3 is 19.9 Å². The Balaban J connectivity index is 1.22. The normalized spacial score (nSPS) is 36.3. The number of unbranched alkanes of at least 4 members (excludes halogenated alkanes) is 1. The molecule has 6 aliphatic rings. The third-order valence-corrected chi connectivity index (χ3v) is 21.6. The number of phosphoric acid groups is 1. The molecular formula is C69H118N5O34P. The lowest BCUT2D eigenvalue weighted by Crippen LogP contribution is -2.72. The number of aliphatic carboxylic acids is 1. The summed E-state index contributed by atoms with van der Waals surface area (Å²) >= 11 is 0. The topological polar surface area (TPSA) is 608 Å². The molecule has 5 heterocycles. The average molecular weight is 1590 g/mol. The van der Waals surface area contributed by atoms with Gasteiger partial charge in [0.2, 0.25) is 17.7 Å². The lowest BCUT2D eigenvalue weighted by Gasteiger charge is -2.52. The Kier molecular flexibility index (Phi) is 35.4. The molecule has 5 unspecified atom stereocenters. The number of aliphatic hydroxyl groups is 11. The molecule has 20 N–H and O–H groups in total. The van der Waals surface area contributed by atoms with E-state index in [4.69, 9.17) is 72.6 Å². The van der Waals surface area contributed by atoms with Crippen LogP contribution in [-0.2, 0) is 94.5 Å². The van der Waals surface area contributed by atoms with Gasteiger partial charge in [-0.15, -0.1) is 0 Å². The molecular weight excluding hydrogens is 1470 g/mol. The van der Waals surface area contributed by atoms with Crippen molar-refractivity contribution in [2.24, 2.45) is 40.6 Å². The Bertz CT molecular complexity index is 3060. The molecule has 0 bridgehead atoms. The van der Waals surface area contributed by atoms with Crippen molar-refractivity contribution in [3.8, 4) is 0 Å². The molecule has 39 nitrogen and oxygen atoms in total. The van der Waals surface area contributed by atoms with E-state index >= 15 is 0 Å². The predicted octanol–water partition coefficient (Wildman–Crippen LogP) is -1.48. The summed E-state index contributed by atoms with van der Waals surface area (Å²) in [5, 5.41) is 139. The number of amides is 5. The highest BCUT2D eigenvalue weighted by molar-refractivity contribution is 7.47. The van der Waals surface area contributed by atoms with Gasteiger partial charge < -0.3 is 146 Å². The molecule has 109 heavy (non-hydrogen) atoms. The molecule has 0 aromatic carbocycles. The first-order chi connectivity index (χ1) is 50.9. The monoisotopic (exact) mass is 1590 g/mol. The number of ether oxygens (including phenoxy) is 11. The molecule has 0 radical (unpaired) electrons. The average Bonchev–Trinajstić information content (AvgIpc) is 1.75. The summed E-state index contributed by atoms with van der Waals surface area (Å²) < 4.78 is 89.2. The van der Waals surface area contributed by atoms with E-state index in [0.717, 1.165) is 65.2 Å². The molecule has 0 spiro atoms. The maximum atomic E-state index is 14.1. The molecule has 0 saturated carbocycles. The molecule has 1 aliphatic carbocycles. The van der Waals surface area contributed by atoms with Gasteiger partial charge in [-0.2, -0.15) is 0 Å². The van der Waals surface area contributed by atoms with Crippen molar-refractivity contribution < 1.29 is 165 Å². The highest BCUT2D eigenvalue weighted by Gasteiger charge is 2.62. The fraction of sp³-hybridized carbons (Fsp3) is 0.870. The predicted molar refractivity (Wildman–Crippen MR) is 372 cm³/mol. The minimum absolute atomic E-state index is 0.0632. The standard InChI is InChI=1S/C69H118N5O34P/c1-30(2)15-14-17-31(3)18-19-33(5)22-25-68(9,10)24-13-12-16-32(4)23-26-96-41(61(90)91)29-98-109(94,95)108-66-56(57(107-67(71)92)69(11,93)58(106-66)59(70)88)105-63-44(73-36(8)77)47(82)54(40(101-63)28-97-64-51(86)48(83)45(80)39(27-75)100-64)103-62-43(72-35(7)76)46(81)53(34(6)99-62)102-65-52(87)49(84)50(85)55(104-65)60(89)74-42-37(78)20-21-38(42)79/h30-34,39-41,43-58,62-66,75,78,80-87,93H,12-29H2,1-11H3,(H2,70,88)(H2,71,92)(H,72,76)(H,73,77)(H,74,89)(H,90,91)(H,94,95)/t31?,32?,33?,34-,39-,40-,41+,43-,44-,45+,46+,47-,48-,49-,50+,51-,52-,53+,54+,55+,56?,57+,58-,62-,63-,64+,65+,66+,69-/m0/s1. The maximum Gasteiger partial charge on any atom is 0.474 e. The molecule has 5 saturated heterocycles. The van der Waals surface area contributed by atoms with Gasteiger partial charge in [0.25, 0.3) is 5.91 Å². The molecule has 628 valence electrons. The van der Waals surface area contributed by atoms with Crippen LogP contribution in [0.1, 0.15) is 166 Å². The molecule has 6 rings (SSSR count). The van der Waals surface area contributed by atoms with Crippen molar-refractivity contribution in [3.05, 3.63) is 11.5 Å². The van der Waals surface area contributed by atoms with Crippen molar-refractivity contribution in [2.75, 3.05) is 26.4 Å². The van der Waals surface area contributed by atoms with E-state index in [9.17, 15) is 104 Å². The Hall–Kier alpha value is -4.86. The smallest absolute Gasteiger partial charge is 0.474 e. The lowest BCUT2D eigenvalue weighted by molar-refractivity contribution is -0.375. The maximum absolute atomic E-state index is 14.1. The van der Waals surface area contributed by atoms with Crippen molar-refractivity contribution in [1.29, 1.82) is 0 Å². The number of primary amides is 2. The van der Waals surface area contributed by atoms with Crippen LogP contribution in [0.2, 0.25) is 0 Å². The third kappa shape index (κ3) is 26.1. The van der Waals surface area contributed by atoms with Crippen LogP contribution in [0.5, 0.6) is 0 Å². The van der Waals surface area contributed by atoms with Crippen molar-refractivity contribution >= 4 is 49.3 Å². The van der Waals surface area contributed by atoms with E-state index in [2.05, 4.69) is 57.5 Å². The summed E-state index contributed by atoms with van der Waals surface area (Å²) in [5.41, 5.74) is 7.83. The number of aliphatic hydroxyl groups excluding tert-OH is 10. The number of rotatable bonds is 41. The number of carbonyl (C=O) groups excluding carboxylic acids is 6. The summed E-state index contributed by atoms with van der Waals surface area (Å²) in [7, 11) is -5.82. The fourth-order valence-electron chi connectivity index (χ4n) is 14.0. The van der Waals surface area contributed by atoms with E-state index < -0.39 is 240 Å². The van der Waals surface area contributed by atoms with Crippen LogP contribution < -0.4 is 27.4 Å². The van der Waals surface area contributed by atoms with Crippen LogP contribution >= 0.6 is 7.82 Å². The first-order valence-electron chi connectivity index (χ1n) is 37.1. The van der Waals surface area contributed by atoms with Crippen LogP contribution in [0.25, 0.3) is 0 Å². The number of ketones is 1. The van der Waals surface area contributed by atoms with Crippen molar-refractivity contribution in [3.63, 3.8) is 0 Å². The number of nitrogens with two attached hydrogens (primary N) is 2. The zero-order chi connectivity index (χ0) is 81.5. The Morgan fingerprint density at radius 3 is 1.79 bits per heavy atom. The molecule has 0 aromatic rings. The van der Waals surface area contributed by atoms with Gasteiger partial charge in [0.05, 0.1) is 25.9 Å². The Morgan fingerprint density at radius 2 is 1.21 bits per heavy atom. The van der Waals surface area contributed by atoms with Gasteiger partial charge in [0.1, 0.15) is 102 Å². The summed E-state index contributed by atoms with van der Waals surface area (Å²) in [4.78, 5) is 102. The largest absolute Gasteiger partial charge is 0.510 e. The van der Waals surface area contributed by atoms with Gasteiger partial charge in [-0.05, 0) is 62.2 Å². The zero-order valence-corrected chi connectivity index (χ0v) is 64.4. The summed E-state index contributed by atoms with van der Waals surface area (Å²) in [6.45, 7) is 16.3. The SMILES string of the molecule is CC(=O)N[C@@H]1[C@H](O[C@H]2[C@@H](O)[C@H](NC(C)=O)[C@H](OC3[C@@H](OP(=O)(O)OC[C@@H](OCCC(C)CCCCC(C)(C)CCC(C)CCC(C)CCCC(C)C)C(=O)O)O[C@@H](C(N)=O)[C@@](C)(O)[C@@H]3OC(N)=O)O[C@H]2CO[C@@H]2O[C@@H](CO)[C@@H](O)[C@H](O)[C@@H]2O)O[C@@H](C)[C@@H](O[C@@H]2O[C@@H](C(=O)NC3=C(O)CCC3=O)[C@H](O)[C@H](O)[C@@H]2O)[C@@H]1O. The molecule has 5 aliphatic heterocycles. The number of carboxylic acids is 1. The van der Waals surface area contributed by atoms with Gasteiger partial charge in [-0.3, -0.25) is 33.0 Å². The number of carbonyl (C=O) groups is 7. The van der Waals surface area contributed by atoms with Crippen LogP contribution in [-0.4, -0.2) is 293 Å². The van der Waals surface area contributed by atoms with E-state index in [0.29, 0.717) is 18.3 Å². The Labute approximate surface area is 632 Å². The highest BCUT2D eigenvalue weighted by atomic mass is 31.2. The first kappa shape index (κ1) is 93.0. The Morgan fingerprint density at radius 1 is 0.651 bits per heavy atom. The molecule has 40 heteroatoms. The highest BCUT2D eigenvalue weighted by Crippen LogP contribution is 2.49. The van der Waals surface area contributed by atoms with Crippen molar-refractivity contribution in [1.82, 2.24) is 16.0 Å². The number of Topliss-reactive ketones (excluding diaryl/α,β-unsaturated/α-hetero) is 1. The summed E-state index contributed by atoms with van der Waals surface area (Å²) in [6, 6.07) is -3.98. The van der Waals surface area contributed by atoms with Gasteiger partial charge in [-0.25, -0.2) is 14.2 Å². The van der Waals surface area contributed by atoms with Gasteiger partial charge in [0.15, 0.2) is 67.8 Å². The minimum atomic E-state index is -5.82. The van der Waals surface area contributed by atoms with Crippen LogP contribution in [0.3, 0.4) is 0 Å². The second-order valence-corrected chi connectivity index (χ2v) is 32.4. The summed E-state index contributed by atoms with van der Waals surface area (Å²) in [5.74, 6) is -5.44. The number of phosphoric ester groups is 1. The number of carboxylic acid groups (broad SMARTS) is 1. The fourth-order valence-corrected chi connectivity index (χ4v) is 14.8. The molecule has 0 aromatic heterocycles. The molecule has 30 atom stereocenters. The van der Waals surface area contributed by atoms with E-state index in [-0.39, 0.29) is 30.8 Å². The molecule has 5 amide bonds. The zero-order valence-electron chi connectivity index (χ0n) is 63.5. The van der Waals surface area contributed by atoms with Crippen LogP contribution in [0.4, 0.5) is 4.79 Å². The van der Waals surface area contributed by atoms with E-state index in [1.165, 1.54) is 39.0 Å². The van der Waals surface area contributed by atoms with Crippen molar-refractivity contribution in [2.45, 2.75) is 325 Å². The summed E-state index contributed by atoms with van der Waals surface area (Å²) in [6.07, 6.45) is -38.4. The number of hydrogen-bond acceptors (Lipinski definition) is 32. The number of nitrogens with one attached hydrogen (secondary N) is 3. The lowest BCUT2D eigenvalue weighted by atomic mass is 9.79. The molecule has 5 fully saturated rings.